The first-order valence-corrected chi connectivity index (χ1v) is 5.08. The van der Waals surface area contributed by atoms with Crippen LogP contribution in [0.25, 0.3) is 0 Å². The number of alkyl halides is 6. The molecule has 1 aliphatic heterocycles. The Morgan fingerprint density at radius 3 is 2.05 bits per heavy atom. The zero-order valence-corrected chi connectivity index (χ0v) is 9.35. The molecule has 0 N–H and O–H groups in total. The summed E-state index contributed by atoms with van der Waals surface area (Å²) in [6, 6.07) is 0. The molecule has 9 heteroatoms. The first-order chi connectivity index (χ1) is 9.03. The predicted molar refractivity (Wildman–Crippen MR) is 51.0 cm³/mol. The largest absolute Gasteiger partial charge is 0.421 e. The standard InChI is InChI=1S/C11H4F6O3/c12-10(13,14)7(11(15,16)17)4-2-1-3-5-6(4)9(19)20-8(5)18/h1,3H,2H2. The lowest BCUT2D eigenvalue weighted by Gasteiger charge is -2.20. The van der Waals surface area contributed by atoms with Crippen molar-refractivity contribution in [3.63, 3.8) is 0 Å². The lowest BCUT2D eigenvalue weighted by Crippen LogP contribution is -2.29. The molecule has 2 aliphatic rings. The van der Waals surface area contributed by atoms with E-state index in [0.717, 1.165) is 12.2 Å². The van der Waals surface area contributed by atoms with E-state index in [1.54, 1.807) is 0 Å². The molecule has 0 fully saturated rings. The monoisotopic (exact) mass is 298 g/mol. The number of halogens is 6. The van der Waals surface area contributed by atoms with Gasteiger partial charge < -0.3 is 4.74 Å². The molecule has 0 saturated heterocycles. The molecule has 0 saturated carbocycles. The van der Waals surface area contributed by atoms with Gasteiger partial charge in [-0.25, -0.2) is 9.59 Å². The average molecular weight is 298 g/mol. The summed E-state index contributed by atoms with van der Waals surface area (Å²) in [5, 5.41) is 0. The van der Waals surface area contributed by atoms with Crippen molar-refractivity contribution in [3.8, 4) is 0 Å². The molecular formula is C11H4F6O3. The molecule has 0 radical (unpaired) electrons. The Balaban J connectivity index is 2.75. The Morgan fingerprint density at radius 2 is 1.55 bits per heavy atom. The maximum Gasteiger partial charge on any atom is 0.421 e. The highest BCUT2D eigenvalue weighted by Gasteiger charge is 2.54. The van der Waals surface area contributed by atoms with E-state index >= 15 is 0 Å². The fraction of sp³-hybridized carbons (Fsp3) is 0.273. The minimum Gasteiger partial charge on any atom is -0.386 e. The number of rotatable bonds is 0. The third-order valence-electron chi connectivity index (χ3n) is 2.66. The molecule has 0 unspecified atom stereocenters. The number of carbonyl (C=O) groups excluding carboxylic acids is 2. The van der Waals surface area contributed by atoms with E-state index in [1.165, 1.54) is 0 Å². The highest BCUT2D eigenvalue weighted by Crippen LogP contribution is 2.45. The summed E-state index contributed by atoms with van der Waals surface area (Å²) in [6.45, 7) is 0. The molecule has 0 spiro atoms. The van der Waals surface area contributed by atoms with Gasteiger partial charge in [-0.2, -0.15) is 26.3 Å². The highest BCUT2D eigenvalue weighted by atomic mass is 19.4. The molecule has 3 nitrogen and oxygen atoms in total. The minimum absolute atomic E-state index is 0.595. The molecule has 0 aromatic carbocycles. The number of allylic oxidation sites excluding steroid dienone is 2. The van der Waals surface area contributed by atoms with Gasteiger partial charge >= 0.3 is 24.3 Å². The van der Waals surface area contributed by atoms with Gasteiger partial charge in [0.05, 0.1) is 11.1 Å². The molecule has 1 heterocycles. The molecule has 1 aliphatic carbocycles. The van der Waals surface area contributed by atoms with Gasteiger partial charge in [-0.05, 0) is 12.0 Å². The lowest BCUT2D eigenvalue weighted by molar-refractivity contribution is -0.173. The summed E-state index contributed by atoms with van der Waals surface area (Å²) < 4.78 is 79.8. The zero-order chi connectivity index (χ0) is 15.3. The molecule has 20 heavy (non-hydrogen) atoms. The fourth-order valence-electron chi connectivity index (χ4n) is 1.97. The number of ether oxygens (including phenoxy) is 1. The van der Waals surface area contributed by atoms with Gasteiger partial charge in [0, 0.05) is 0 Å². The molecule has 0 bridgehead atoms. The van der Waals surface area contributed by atoms with E-state index in [4.69, 9.17) is 0 Å². The van der Waals surface area contributed by atoms with Crippen LogP contribution in [0.15, 0.2) is 34.4 Å². The van der Waals surface area contributed by atoms with E-state index in [2.05, 4.69) is 4.74 Å². The molecule has 108 valence electrons. The average Bonchev–Trinajstić information content (AvgIpc) is 2.51. The summed E-state index contributed by atoms with van der Waals surface area (Å²) >= 11 is 0. The maximum atomic E-state index is 12.6. The van der Waals surface area contributed by atoms with E-state index in [1.807, 2.05) is 0 Å². The topological polar surface area (TPSA) is 43.4 Å². The molecule has 0 aromatic heterocycles. The van der Waals surface area contributed by atoms with Crippen LogP contribution in [0.5, 0.6) is 0 Å². The minimum atomic E-state index is -5.71. The number of hydrogen-bond acceptors (Lipinski definition) is 3. The molecule has 0 aromatic rings. The summed E-state index contributed by atoms with van der Waals surface area (Å²) in [5.74, 6) is -2.77. The Labute approximate surface area is 107 Å². The van der Waals surface area contributed by atoms with Crippen LogP contribution in [0.1, 0.15) is 6.42 Å². The third-order valence-corrected chi connectivity index (χ3v) is 2.66. The second-order valence-corrected chi connectivity index (χ2v) is 3.92. The molecule has 0 amide bonds. The molecular weight excluding hydrogens is 294 g/mol. The Bertz CT molecular complexity index is 572. The molecule has 2 rings (SSSR count). The quantitative estimate of drug-likeness (QED) is 0.392. The molecule has 0 atom stereocenters. The van der Waals surface area contributed by atoms with Crippen molar-refractivity contribution in [3.05, 3.63) is 34.4 Å². The smallest absolute Gasteiger partial charge is 0.386 e. The maximum absolute atomic E-state index is 12.6. The van der Waals surface area contributed by atoms with Crippen molar-refractivity contribution >= 4 is 11.9 Å². The van der Waals surface area contributed by atoms with Crippen molar-refractivity contribution < 1.29 is 40.7 Å². The SMILES string of the molecule is O=C1OC(=O)C2=C1C=CCC2=C(C(F)(F)F)C(F)(F)F. The van der Waals surface area contributed by atoms with Gasteiger partial charge in [0.2, 0.25) is 0 Å². The van der Waals surface area contributed by atoms with E-state index in [0.29, 0.717) is 0 Å². The predicted octanol–water partition coefficient (Wildman–Crippen LogP) is 2.75. The van der Waals surface area contributed by atoms with Gasteiger partial charge in [-0.15, -0.1) is 0 Å². The van der Waals surface area contributed by atoms with Crippen molar-refractivity contribution in [1.82, 2.24) is 0 Å². The van der Waals surface area contributed by atoms with E-state index in [9.17, 15) is 35.9 Å². The van der Waals surface area contributed by atoms with Crippen molar-refractivity contribution in [1.29, 1.82) is 0 Å². The summed E-state index contributed by atoms with van der Waals surface area (Å²) in [5.41, 5.74) is -5.66. The highest BCUT2D eigenvalue weighted by molar-refractivity contribution is 6.16. The van der Waals surface area contributed by atoms with E-state index in [-0.39, 0.29) is 0 Å². The van der Waals surface area contributed by atoms with Crippen LogP contribution in [-0.4, -0.2) is 24.3 Å². The normalized spacial score (nSPS) is 19.4. The number of hydrogen-bond donors (Lipinski definition) is 0. The number of cyclic esters (lactones) is 2. The van der Waals surface area contributed by atoms with Gasteiger partial charge in [0.15, 0.2) is 0 Å². The number of esters is 2. The van der Waals surface area contributed by atoms with Gasteiger partial charge in [-0.1, -0.05) is 12.2 Å². The van der Waals surface area contributed by atoms with Crippen LogP contribution >= 0.6 is 0 Å². The zero-order valence-electron chi connectivity index (χ0n) is 9.35. The summed E-state index contributed by atoms with van der Waals surface area (Å²) in [4.78, 5) is 22.4. The Kier molecular flexibility index (Phi) is 3.03. The van der Waals surface area contributed by atoms with Crippen LogP contribution in [0.3, 0.4) is 0 Å². The van der Waals surface area contributed by atoms with Gasteiger partial charge in [0.1, 0.15) is 5.57 Å². The Morgan fingerprint density at radius 1 is 1.00 bits per heavy atom. The summed E-state index contributed by atoms with van der Waals surface area (Å²) in [6.07, 6.45) is -10.3. The summed E-state index contributed by atoms with van der Waals surface area (Å²) in [7, 11) is 0. The van der Waals surface area contributed by atoms with Gasteiger partial charge in [0.25, 0.3) is 0 Å². The first kappa shape index (κ1) is 14.4. The van der Waals surface area contributed by atoms with E-state index < -0.39 is 53.0 Å². The first-order valence-electron chi connectivity index (χ1n) is 5.08. The van der Waals surface area contributed by atoms with Crippen LogP contribution in [0.2, 0.25) is 0 Å². The fourth-order valence-corrected chi connectivity index (χ4v) is 1.97. The second kappa shape index (κ2) is 4.22. The van der Waals surface area contributed by atoms with Crippen LogP contribution < -0.4 is 0 Å². The lowest BCUT2D eigenvalue weighted by atomic mass is 9.89. The van der Waals surface area contributed by atoms with Gasteiger partial charge in [-0.3, -0.25) is 0 Å². The second-order valence-electron chi connectivity index (χ2n) is 3.92. The van der Waals surface area contributed by atoms with Crippen molar-refractivity contribution in [2.75, 3.05) is 0 Å². The van der Waals surface area contributed by atoms with Crippen molar-refractivity contribution in [2.24, 2.45) is 0 Å². The Hall–Kier alpha value is -2.06. The third kappa shape index (κ3) is 2.23. The van der Waals surface area contributed by atoms with Crippen LogP contribution in [0.4, 0.5) is 26.3 Å². The van der Waals surface area contributed by atoms with Crippen LogP contribution in [-0.2, 0) is 14.3 Å². The van der Waals surface area contributed by atoms with Crippen LogP contribution in [0, 0.1) is 0 Å². The number of carbonyl (C=O) groups is 2. The van der Waals surface area contributed by atoms with Crippen molar-refractivity contribution in [2.45, 2.75) is 18.8 Å².